The van der Waals surface area contributed by atoms with Crippen LogP contribution in [0.15, 0.2) is 36.5 Å². The van der Waals surface area contributed by atoms with Gasteiger partial charge in [0.15, 0.2) is 0 Å². The Morgan fingerprint density at radius 3 is 3.00 bits per heavy atom. The summed E-state index contributed by atoms with van der Waals surface area (Å²) in [5.41, 5.74) is 3.51. The molecule has 0 radical (unpaired) electrons. The zero-order valence-electron chi connectivity index (χ0n) is 14.3. The molecule has 4 rings (SSSR count). The number of nitrogens with zero attached hydrogens (tertiary/aromatic N) is 5. The van der Waals surface area contributed by atoms with Crippen LogP contribution in [0.5, 0.6) is 0 Å². The second kappa shape index (κ2) is 6.16. The Labute approximate surface area is 145 Å². The van der Waals surface area contributed by atoms with Crippen LogP contribution in [-0.4, -0.2) is 44.6 Å². The maximum atomic E-state index is 12.3. The lowest BCUT2D eigenvalue weighted by Crippen LogP contribution is -2.38. The van der Waals surface area contributed by atoms with Crippen molar-refractivity contribution in [2.75, 3.05) is 18.0 Å². The van der Waals surface area contributed by atoms with Crippen molar-refractivity contribution in [3.8, 4) is 0 Å². The Balaban J connectivity index is 1.41. The zero-order chi connectivity index (χ0) is 17.4. The molecule has 1 unspecified atom stereocenters. The van der Waals surface area contributed by atoms with E-state index in [1.807, 2.05) is 13.0 Å². The van der Waals surface area contributed by atoms with E-state index in [2.05, 4.69) is 56.5 Å². The molecule has 0 spiro atoms. The number of benzene rings is 1. The molecule has 1 aliphatic heterocycles. The van der Waals surface area contributed by atoms with Gasteiger partial charge >= 0.3 is 0 Å². The third-order valence-electron chi connectivity index (χ3n) is 4.62. The molecule has 1 amide bonds. The van der Waals surface area contributed by atoms with Crippen molar-refractivity contribution in [1.82, 2.24) is 24.9 Å². The lowest BCUT2D eigenvalue weighted by atomic mass is 10.1. The summed E-state index contributed by atoms with van der Waals surface area (Å²) in [6, 6.07) is 10.7. The van der Waals surface area contributed by atoms with Crippen molar-refractivity contribution in [2.24, 2.45) is 0 Å². The molecule has 7 heteroatoms. The number of amides is 1. The van der Waals surface area contributed by atoms with Gasteiger partial charge in [-0.15, -0.1) is 5.10 Å². The van der Waals surface area contributed by atoms with Crippen LogP contribution in [0.25, 0.3) is 5.78 Å². The van der Waals surface area contributed by atoms with E-state index in [0.29, 0.717) is 18.4 Å². The highest BCUT2D eigenvalue weighted by Gasteiger charge is 2.25. The van der Waals surface area contributed by atoms with Crippen molar-refractivity contribution in [3.63, 3.8) is 0 Å². The number of hydrogen-bond acceptors (Lipinski definition) is 5. The minimum atomic E-state index is -0.273. The van der Waals surface area contributed by atoms with Gasteiger partial charge in [0.1, 0.15) is 0 Å². The molecule has 2 aromatic heterocycles. The molecule has 0 fully saturated rings. The Kier molecular flexibility index (Phi) is 3.83. The number of hydrogen-bond donors (Lipinski definition) is 1. The maximum absolute atomic E-state index is 12.3. The number of para-hydroxylation sites is 1. The largest absolute Gasteiger partial charge is 0.367 e. The Morgan fingerprint density at radius 1 is 1.32 bits per heavy atom. The van der Waals surface area contributed by atoms with Gasteiger partial charge in [0.25, 0.3) is 11.7 Å². The number of aryl methyl sites for hydroxylation is 1. The summed E-state index contributed by atoms with van der Waals surface area (Å²) in [6.45, 7) is 5.41. The summed E-state index contributed by atoms with van der Waals surface area (Å²) in [4.78, 5) is 23.0. The Bertz CT molecular complexity index is 934. The van der Waals surface area contributed by atoms with Gasteiger partial charge < -0.3 is 10.2 Å². The van der Waals surface area contributed by atoms with E-state index < -0.39 is 0 Å². The van der Waals surface area contributed by atoms with Gasteiger partial charge in [-0.25, -0.2) is 9.50 Å². The van der Waals surface area contributed by atoms with Crippen molar-refractivity contribution >= 4 is 17.4 Å². The molecule has 0 saturated carbocycles. The molecule has 1 atom stereocenters. The predicted octanol–water partition coefficient (Wildman–Crippen LogP) is 1.61. The van der Waals surface area contributed by atoms with Crippen LogP contribution in [0.3, 0.4) is 0 Å². The van der Waals surface area contributed by atoms with Crippen LogP contribution < -0.4 is 10.2 Å². The normalized spacial score (nSPS) is 16.2. The minimum absolute atomic E-state index is 0.150. The van der Waals surface area contributed by atoms with Crippen LogP contribution in [0, 0.1) is 6.92 Å². The van der Waals surface area contributed by atoms with Gasteiger partial charge in [-0.05, 0) is 38.0 Å². The summed E-state index contributed by atoms with van der Waals surface area (Å²) < 4.78 is 1.58. The molecular weight excluding hydrogens is 316 g/mol. The molecule has 0 bridgehead atoms. The molecule has 3 heterocycles. The molecule has 128 valence electrons. The second-order valence-corrected chi connectivity index (χ2v) is 6.36. The van der Waals surface area contributed by atoms with Crippen molar-refractivity contribution in [3.05, 3.63) is 53.6 Å². The molecule has 1 N–H and O–H groups in total. The molecule has 1 aliphatic rings. The summed E-state index contributed by atoms with van der Waals surface area (Å²) in [5, 5.41) is 7.14. The van der Waals surface area contributed by atoms with Crippen molar-refractivity contribution < 1.29 is 4.79 Å². The number of fused-ring (bicyclic) bond motifs is 2. The summed E-state index contributed by atoms with van der Waals surface area (Å²) in [7, 11) is 0. The van der Waals surface area contributed by atoms with Crippen LogP contribution in [0.4, 0.5) is 5.69 Å². The highest BCUT2D eigenvalue weighted by atomic mass is 16.2. The lowest BCUT2D eigenvalue weighted by Gasteiger charge is -2.24. The van der Waals surface area contributed by atoms with Crippen LogP contribution in [0.2, 0.25) is 0 Å². The summed E-state index contributed by atoms with van der Waals surface area (Å²) in [6.07, 6.45) is 2.70. The first-order valence-electron chi connectivity index (χ1n) is 8.44. The fourth-order valence-corrected chi connectivity index (χ4v) is 3.34. The van der Waals surface area contributed by atoms with Gasteiger partial charge in [0, 0.05) is 36.7 Å². The van der Waals surface area contributed by atoms with Crippen LogP contribution in [0.1, 0.15) is 28.8 Å². The van der Waals surface area contributed by atoms with Crippen LogP contribution in [-0.2, 0) is 6.42 Å². The fraction of sp³-hybridized carbons (Fsp3) is 0.333. The summed E-state index contributed by atoms with van der Waals surface area (Å²) in [5.74, 6) is 0.314. The average molecular weight is 336 g/mol. The number of aromatic nitrogens is 4. The standard InChI is InChI=1S/C18H20N6O/c1-12-7-8-20-18-21-16(22-24(12)18)17(25)19-9-10-23-13(2)11-14-5-3-4-6-15(14)23/h3-8,13H,9-11H2,1-2H3,(H,19,25). The highest BCUT2D eigenvalue weighted by molar-refractivity contribution is 5.90. The molecule has 0 saturated heterocycles. The topological polar surface area (TPSA) is 75.4 Å². The van der Waals surface area contributed by atoms with E-state index in [1.54, 1.807) is 10.7 Å². The SMILES string of the molecule is Cc1ccnc2nc(C(=O)NCCN3c4ccccc4CC3C)nn12. The monoisotopic (exact) mass is 336 g/mol. The molecule has 7 nitrogen and oxygen atoms in total. The third-order valence-corrected chi connectivity index (χ3v) is 4.62. The van der Waals surface area contributed by atoms with Crippen molar-refractivity contribution in [1.29, 1.82) is 0 Å². The second-order valence-electron chi connectivity index (χ2n) is 6.36. The van der Waals surface area contributed by atoms with Gasteiger partial charge in [-0.3, -0.25) is 4.79 Å². The predicted molar refractivity (Wildman–Crippen MR) is 94.8 cm³/mol. The Hall–Kier alpha value is -2.96. The van der Waals surface area contributed by atoms with Crippen LogP contribution >= 0.6 is 0 Å². The molecule has 3 aromatic rings. The Morgan fingerprint density at radius 2 is 2.16 bits per heavy atom. The first-order valence-corrected chi connectivity index (χ1v) is 8.44. The van der Waals surface area contributed by atoms with Gasteiger partial charge in [-0.2, -0.15) is 4.98 Å². The quantitative estimate of drug-likeness (QED) is 0.783. The van der Waals surface area contributed by atoms with E-state index in [0.717, 1.165) is 18.7 Å². The fourth-order valence-electron chi connectivity index (χ4n) is 3.34. The highest BCUT2D eigenvalue weighted by Crippen LogP contribution is 2.31. The number of rotatable bonds is 4. The van der Waals surface area contributed by atoms with E-state index in [4.69, 9.17) is 0 Å². The smallest absolute Gasteiger partial charge is 0.291 e. The van der Waals surface area contributed by atoms with E-state index in [9.17, 15) is 4.79 Å². The first kappa shape index (κ1) is 15.6. The molecular formula is C18H20N6O. The van der Waals surface area contributed by atoms with E-state index in [-0.39, 0.29) is 11.7 Å². The van der Waals surface area contributed by atoms with E-state index >= 15 is 0 Å². The minimum Gasteiger partial charge on any atom is -0.367 e. The average Bonchev–Trinajstić information content (AvgIpc) is 3.17. The molecule has 25 heavy (non-hydrogen) atoms. The number of anilines is 1. The number of carbonyl (C=O) groups is 1. The number of nitrogens with one attached hydrogen (secondary N) is 1. The lowest BCUT2D eigenvalue weighted by molar-refractivity contribution is 0.0944. The zero-order valence-corrected chi connectivity index (χ0v) is 14.3. The maximum Gasteiger partial charge on any atom is 0.291 e. The third kappa shape index (κ3) is 2.82. The molecule has 1 aromatic carbocycles. The van der Waals surface area contributed by atoms with Gasteiger partial charge in [-0.1, -0.05) is 18.2 Å². The first-order chi connectivity index (χ1) is 12.1. The van der Waals surface area contributed by atoms with Gasteiger partial charge in [0.2, 0.25) is 5.82 Å². The van der Waals surface area contributed by atoms with Gasteiger partial charge in [0.05, 0.1) is 0 Å². The molecule has 0 aliphatic carbocycles. The summed E-state index contributed by atoms with van der Waals surface area (Å²) >= 11 is 0. The van der Waals surface area contributed by atoms with Crippen molar-refractivity contribution in [2.45, 2.75) is 26.3 Å². The number of carbonyl (C=O) groups excluding carboxylic acids is 1. The van der Waals surface area contributed by atoms with E-state index in [1.165, 1.54) is 11.3 Å².